The van der Waals surface area contributed by atoms with Crippen LogP contribution >= 0.6 is 22.9 Å². The summed E-state index contributed by atoms with van der Waals surface area (Å²) in [7, 11) is 0. The number of hydrazine groups is 1. The number of alkyl halides is 3. The second-order valence-electron chi connectivity index (χ2n) is 7.48. The van der Waals surface area contributed by atoms with E-state index in [1.807, 2.05) is 0 Å². The highest BCUT2D eigenvalue weighted by Gasteiger charge is 2.39. The van der Waals surface area contributed by atoms with Gasteiger partial charge < -0.3 is 5.32 Å². The molecule has 0 aliphatic heterocycles. The van der Waals surface area contributed by atoms with Gasteiger partial charge in [0.1, 0.15) is 11.6 Å². The molecule has 186 valence electrons. The fourth-order valence-corrected chi connectivity index (χ4v) is 4.45. The van der Waals surface area contributed by atoms with Crippen LogP contribution in [0.3, 0.4) is 0 Å². The van der Waals surface area contributed by atoms with Crippen LogP contribution < -0.4 is 16.2 Å². The number of carbonyl (C=O) groups is 2. The van der Waals surface area contributed by atoms with Gasteiger partial charge in [0.05, 0.1) is 6.04 Å². The summed E-state index contributed by atoms with van der Waals surface area (Å²) < 4.78 is 67.0. The van der Waals surface area contributed by atoms with Crippen molar-refractivity contribution in [3.8, 4) is 22.3 Å². The number of amides is 3. The Hall–Kier alpha value is -3.18. The van der Waals surface area contributed by atoms with E-state index in [2.05, 4.69) is 5.32 Å². The Bertz CT molecular complexity index is 1250. The molecule has 3 N–H and O–H groups in total. The number of hydrogen-bond acceptors (Lipinski definition) is 3. The second kappa shape index (κ2) is 10.6. The normalized spacial score (nSPS) is 12.2. The molecule has 0 spiro atoms. The van der Waals surface area contributed by atoms with Crippen LogP contribution in [0.15, 0.2) is 41.1 Å². The van der Waals surface area contributed by atoms with E-state index in [-0.39, 0.29) is 16.1 Å². The zero-order valence-electron chi connectivity index (χ0n) is 18.3. The smallest absolute Gasteiger partial charge is 0.330 e. The van der Waals surface area contributed by atoms with Crippen LogP contribution in [0.25, 0.3) is 22.3 Å². The lowest BCUT2D eigenvalue weighted by Gasteiger charge is -2.21. The summed E-state index contributed by atoms with van der Waals surface area (Å²) in [6.45, 7) is 3.18. The van der Waals surface area contributed by atoms with Crippen LogP contribution in [-0.2, 0) is 11.2 Å². The molecule has 1 aromatic heterocycles. The molecule has 0 aliphatic rings. The zero-order valence-corrected chi connectivity index (χ0v) is 19.9. The topological polar surface area (TPSA) is 70.2 Å². The summed E-state index contributed by atoms with van der Waals surface area (Å²) in [6, 6.07) is 5.10. The highest BCUT2D eigenvalue weighted by atomic mass is 35.5. The summed E-state index contributed by atoms with van der Waals surface area (Å²) in [6.07, 6.45) is -4.85. The van der Waals surface area contributed by atoms with E-state index in [4.69, 9.17) is 11.6 Å². The van der Waals surface area contributed by atoms with E-state index >= 15 is 4.39 Å². The summed E-state index contributed by atoms with van der Waals surface area (Å²) in [5, 5.41) is 5.94. The molecule has 35 heavy (non-hydrogen) atoms. The van der Waals surface area contributed by atoms with Crippen molar-refractivity contribution in [1.82, 2.24) is 16.2 Å². The number of halogens is 6. The van der Waals surface area contributed by atoms with E-state index < -0.39 is 35.8 Å². The van der Waals surface area contributed by atoms with E-state index in [1.165, 1.54) is 41.9 Å². The van der Waals surface area contributed by atoms with E-state index in [9.17, 15) is 27.2 Å². The zero-order chi connectivity index (χ0) is 25.9. The largest absolute Gasteiger partial charge is 0.472 e. The number of rotatable bonds is 5. The first-order chi connectivity index (χ1) is 16.4. The van der Waals surface area contributed by atoms with Crippen molar-refractivity contribution in [1.29, 1.82) is 0 Å². The maximum Gasteiger partial charge on any atom is 0.472 e. The molecular formula is C23H19ClF5N3O2S. The molecule has 3 rings (SSSR count). The molecule has 0 bridgehead atoms. The first-order valence-electron chi connectivity index (χ1n) is 10.2. The summed E-state index contributed by atoms with van der Waals surface area (Å²) >= 11 is 7.45. The van der Waals surface area contributed by atoms with Crippen LogP contribution in [0, 0.1) is 11.6 Å². The number of urea groups is 1. The van der Waals surface area contributed by atoms with Crippen LogP contribution in [-0.4, -0.2) is 18.1 Å². The molecule has 0 aliphatic carbocycles. The van der Waals surface area contributed by atoms with Crippen LogP contribution in [0.2, 0.25) is 5.02 Å². The van der Waals surface area contributed by atoms with Crippen molar-refractivity contribution in [2.75, 3.05) is 0 Å². The van der Waals surface area contributed by atoms with Crippen molar-refractivity contribution in [2.45, 2.75) is 32.5 Å². The first-order valence-corrected chi connectivity index (χ1v) is 11.5. The van der Waals surface area contributed by atoms with E-state index in [1.54, 1.807) is 35.2 Å². The lowest BCUT2D eigenvalue weighted by atomic mass is 9.90. The van der Waals surface area contributed by atoms with Crippen molar-refractivity contribution in [2.24, 2.45) is 0 Å². The quantitative estimate of drug-likeness (QED) is 0.259. The first kappa shape index (κ1) is 26.4. The highest BCUT2D eigenvalue weighted by molar-refractivity contribution is 7.08. The highest BCUT2D eigenvalue weighted by Crippen LogP contribution is 2.39. The molecule has 12 heteroatoms. The minimum atomic E-state index is -5.18. The van der Waals surface area contributed by atoms with Gasteiger partial charge in [-0.25, -0.2) is 19.0 Å². The van der Waals surface area contributed by atoms with Gasteiger partial charge in [-0.2, -0.15) is 24.5 Å². The summed E-state index contributed by atoms with van der Waals surface area (Å²) in [5.41, 5.74) is 4.96. The molecule has 1 heterocycles. The number of hydrogen-bond donors (Lipinski definition) is 3. The number of nitrogens with one attached hydrogen (secondary N) is 3. The number of benzene rings is 2. The van der Waals surface area contributed by atoms with Gasteiger partial charge >= 0.3 is 18.1 Å². The van der Waals surface area contributed by atoms with Gasteiger partial charge in [-0.05, 0) is 70.6 Å². The Balaban J connectivity index is 1.93. The molecular weight excluding hydrogens is 513 g/mol. The lowest BCUT2D eigenvalue weighted by Crippen LogP contribution is -2.51. The van der Waals surface area contributed by atoms with Crippen LogP contribution in [0.1, 0.15) is 31.0 Å². The monoisotopic (exact) mass is 531 g/mol. The van der Waals surface area contributed by atoms with Crippen LogP contribution in [0.4, 0.5) is 26.7 Å². The molecule has 1 atom stereocenters. The number of aryl methyl sites for hydroxylation is 1. The molecule has 0 saturated heterocycles. The van der Waals surface area contributed by atoms with Gasteiger partial charge in [0, 0.05) is 16.1 Å². The lowest BCUT2D eigenvalue weighted by molar-refractivity contribution is -0.174. The average molecular weight is 532 g/mol. The summed E-state index contributed by atoms with van der Waals surface area (Å²) in [4.78, 5) is 22.8. The van der Waals surface area contributed by atoms with Gasteiger partial charge in [0.2, 0.25) is 0 Å². The predicted molar refractivity (Wildman–Crippen MR) is 124 cm³/mol. The van der Waals surface area contributed by atoms with Crippen molar-refractivity contribution < 1.29 is 31.5 Å². The molecule has 0 fully saturated rings. The third kappa shape index (κ3) is 6.09. The second-order valence-corrected chi connectivity index (χ2v) is 8.70. The van der Waals surface area contributed by atoms with Gasteiger partial charge in [0.25, 0.3) is 0 Å². The Labute approximate surface area is 206 Å². The third-order valence-electron chi connectivity index (χ3n) is 5.10. The van der Waals surface area contributed by atoms with E-state index in [0.717, 1.165) is 0 Å². The van der Waals surface area contributed by atoms with Crippen molar-refractivity contribution >= 4 is 34.9 Å². The fourth-order valence-electron chi connectivity index (χ4n) is 3.60. The Morgan fingerprint density at radius 3 is 2.37 bits per heavy atom. The van der Waals surface area contributed by atoms with Crippen molar-refractivity contribution in [3.63, 3.8) is 0 Å². The maximum absolute atomic E-state index is 15.3. The fraction of sp³-hybridized carbons (Fsp3) is 0.217. The third-order valence-corrected chi connectivity index (χ3v) is 6.00. The molecule has 3 aromatic rings. The number of thiophene rings is 1. The molecule has 5 nitrogen and oxygen atoms in total. The Kier molecular flexibility index (Phi) is 8.01. The summed E-state index contributed by atoms with van der Waals surface area (Å²) in [5.74, 6) is -3.65. The molecule has 1 unspecified atom stereocenters. The minimum Gasteiger partial charge on any atom is -0.330 e. The standard InChI is InChI=1S/C23H19ClF5N3O2S/c1-3-12-6-14(16-8-15(24)9-18(26)20(16)13-4-5-35-10-13)7-17(25)19(12)11(2)30-22(34)32-31-21(33)23(27,28)29/h4-11H,3H2,1-2H3,(H,31,33)(H2,30,32,34). The Morgan fingerprint density at radius 2 is 1.77 bits per heavy atom. The number of carbonyl (C=O) groups excluding carboxylic acids is 2. The van der Waals surface area contributed by atoms with Gasteiger partial charge in [-0.15, -0.1) is 0 Å². The maximum atomic E-state index is 15.3. The molecule has 0 saturated carbocycles. The van der Waals surface area contributed by atoms with E-state index in [0.29, 0.717) is 28.7 Å². The van der Waals surface area contributed by atoms with Gasteiger partial charge in [-0.1, -0.05) is 24.6 Å². The molecule has 2 aromatic carbocycles. The SMILES string of the molecule is CCc1cc(-c2cc(Cl)cc(F)c2-c2ccsc2)cc(F)c1C(C)NC(=O)NNC(=O)C(F)(F)F. The van der Waals surface area contributed by atoms with Crippen molar-refractivity contribution in [3.05, 3.63) is 68.9 Å². The van der Waals surface area contributed by atoms with Gasteiger partial charge in [-0.3, -0.25) is 10.2 Å². The average Bonchev–Trinajstić information content (AvgIpc) is 3.29. The molecule has 3 amide bonds. The predicted octanol–water partition coefficient (Wildman–Crippen LogP) is 6.53. The Morgan fingerprint density at radius 1 is 1.06 bits per heavy atom. The van der Waals surface area contributed by atoms with Gasteiger partial charge in [0.15, 0.2) is 0 Å². The minimum absolute atomic E-state index is 0.0909. The molecule has 0 radical (unpaired) electrons. The van der Waals surface area contributed by atoms with Crippen LogP contribution in [0.5, 0.6) is 0 Å².